The summed E-state index contributed by atoms with van der Waals surface area (Å²) in [6.45, 7) is 4.22. The molecule has 0 aromatic rings. The molecule has 16 heavy (non-hydrogen) atoms. The molecule has 3 nitrogen and oxygen atoms in total. The summed E-state index contributed by atoms with van der Waals surface area (Å²) in [6, 6.07) is 0.104. The molecule has 4 heteroatoms. The zero-order chi connectivity index (χ0) is 10.7. The van der Waals surface area contributed by atoms with E-state index in [9.17, 15) is 4.79 Å². The lowest BCUT2D eigenvalue weighted by molar-refractivity contribution is -0.124. The predicted octanol–water partition coefficient (Wildman–Crippen LogP) is 1.71. The van der Waals surface area contributed by atoms with Gasteiger partial charge in [-0.05, 0) is 37.6 Å². The minimum atomic E-state index is 0. The molecule has 2 N–H and O–H groups in total. The van der Waals surface area contributed by atoms with E-state index < -0.39 is 0 Å². The Labute approximate surface area is 104 Å². The fraction of sp³-hybridized carbons (Fsp3) is 0.917. The summed E-state index contributed by atoms with van der Waals surface area (Å²) < 4.78 is 0. The van der Waals surface area contributed by atoms with Gasteiger partial charge < -0.3 is 10.6 Å². The fourth-order valence-electron chi connectivity index (χ4n) is 2.41. The Morgan fingerprint density at radius 1 is 1.25 bits per heavy atom. The first-order chi connectivity index (χ1) is 7.25. The molecule has 1 saturated heterocycles. The average Bonchev–Trinajstić information content (AvgIpc) is 2.14. The van der Waals surface area contributed by atoms with E-state index in [2.05, 4.69) is 17.6 Å². The summed E-state index contributed by atoms with van der Waals surface area (Å²) in [6.07, 6.45) is 6.26. The van der Waals surface area contributed by atoms with E-state index in [0.29, 0.717) is 0 Å². The molecule has 0 bridgehead atoms. The summed E-state index contributed by atoms with van der Waals surface area (Å²) in [5.74, 6) is 1.83. The number of nitrogens with one attached hydrogen (secondary N) is 2. The largest absolute Gasteiger partial charge is 0.354 e. The Hall–Kier alpha value is -0.280. The van der Waals surface area contributed by atoms with E-state index in [1.165, 1.54) is 25.7 Å². The van der Waals surface area contributed by atoms with Crippen LogP contribution in [0, 0.1) is 11.8 Å². The standard InChI is InChI=1S/C12H22N2O.ClH/c1-9-2-4-10(5-3-9)8-14-12(15)11-6-7-13-11;/h9-11,13H,2-8H2,1H3,(H,14,15);1H/t9?,10?,11-;/m1./s1. The maximum Gasteiger partial charge on any atom is 0.237 e. The van der Waals surface area contributed by atoms with Crippen LogP contribution >= 0.6 is 12.4 Å². The van der Waals surface area contributed by atoms with Crippen molar-refractivity contribution in [1.29, 1.82) is 0 Å². The zero-order valence-electron chi connectivity index (χ0n) is 10.00. The molecule has 1 aliphatic heterocycles. The van der Waals surface area contributed by atoms with Crippen LogP contribution in [0.15, 0.2) is 0 Å². The predicted molar refractivity (Wildman–Crippen MR) is 67.8 cm³/mol. The monoisotopic (exact) mass is 246 g/mol. The zero-order valence-corrected chi connectivity index (χ0v) is 10.8. The summed E-state index contributed by atoms with van der Waals surface area (Å²) >= 11 is 0. The highest BCUT2D eigenvalue weighted by molar-refractivity contribution is 5.85. The third-order valence-electron chi connectivity index (χ3n) is 3.84. The van der Waals surface area contributed by atoms with Crippen molar-refractivity contribution in [3.05, 3.63) is 0 Å². The number of halogens is 1. The van der Waals surface area contributed by atoms with Gasteiger partial charge in [0.1, 0.15) is 0 Å². The van der Waals surface area contributed by atoms with Gasteiger partial charge in [-0.2, -0.15) is 0 Å². The SMILES string of the molecule is CC1CCC(CNC(=O)[C@H]2CCN2)CC1.Cl. The van der Waals surface area contributed by atoms with Crippen LogP contribution in [0.3, 0.4) is 0 Å². The number of carbonyl (C=O) groups excluding carboxylic acids is 1. The van der Waals surface area contributed by atoms with Crippen molar-refractivity contribution in [2.24, 2.45) is 11.8 Å². The normalized spacial score (nSPS) is 33.4. The molecule has 94 valence electrons. The van der Waals surface area contributed by atoms with E-state index >= 15 is 0 Å². The molecule has 0 aromatic carbocycles. The molecule has 2 aliphatic rings. The minimum Gasteiger partial charge on any atom is -0.354 e. The van der Waals surface area contributed by atoms with Crippen molar-refractivity contribution < 1.29 is 4.79 Å². The van der Waals surface area contributed by atoms with Crippen molar-refractivity contribution >= 4 is 18.3 Å². The third-order valence-corrected chi connectivity index (χ3v) is 3.84. The molecule has 0 aromatic heterocycles. The lowest BCUT2D eigenvalue weighted by Gasteiger charge is -2.29. The van der Waals surface area contributed by atoms with E-state index in [0.717, 1.165) is 31.3 Å². The average molecular weight is 247 g/mol. The number of amides is 1. The van der Waals surface area contributed by atoms with Gasteiger partial charge in [0.15, 0.2) is 0 Å². The maximum absolute atomic E-state index is 11.6. The van der Waals surface area contributed by atoms with Gasteiger partial charge in [-0.25, -0.2) is 0 Å². The molecule has 1 saturated carbocycles. The quantitative estimate of drug-likeness (QED) is 0.796. The second kappa shape index (κ2) is 6.45. The lowest BCUT2D eigenvalue weighted by atomic mass is 9.83. The van der Waals surface area contributed by atoms with Gasteiger partial charge >= 0.3 is 0 Å². The molecular formula is C12H23ClN2O. The fourth-order valence-corrected chi connectivity index (χ4v) is 2.41. The number of rotatable bonds is 3. The Morgan fingerprint density at radius 2 is 1.88 bits per heavy atom. The molecule has 1 heterocycles. The van der Waals surface area contributed by atoms with Crippen LogP contribution in [0.4, 0.5) is 0 Å². The van der Waals surface area contributed by atoms with Crippen LogP contribution in [0.1, 0.15) is 39.0 Å². The minimum absolute atomic E-state index is 0. The van der Waals surface area contributed by atoms with Crippen LogP contribution in [0.5, 0.6) is 0 Å². The summed E-state index contributed by atoms with van der Waals surface area (Å²) in [4.78, 5) is 11.6. The van der Waals surface area contributed by atoms with Crippen LogP contribution in [0.2, 0.25) is 0 Å². The molecule has 1 amide bonds. The molecule has 2 rings (SSSR count). The highest BCUT2D eigenvalue weighted by Crippen LogP contribution is 2.27. The molecular weight excluding hydrogens is 224 g/mol. The Kier molecular flexibility index (Phi) is 5.56. The van der Waals surface area contributed by atoms with Crippen molar-refractivity contribution in [2.75, 3.05) is 13.1 Å². The van der Waals surface area contributed by atoms with Crippen LogP contribution in [-0.2, 0) is 4.79 Å². The highest BCUT2D eigenvalue weighted by atomic mass is 35.5. The van der Waals surface area contributed by atoms with Gasteiger partial charge in [0.25, 0.3) is 0 Å². The first kappa shape index (κ1) is 13.8. The second-order valence-corrected chi connectivity index (χ2v) is 5.17. The van der Waals surface area contributed by atoms with Crippen molar-refractivity contribution in [3.8, 4) is 0 Å². The van der Waals surface area contributed by atoms with Gasteiger partial charge in [-0.15, -0.1) is 12.4 Å². The van der Waals surface area contributed by atoms with Gasteiger partial charge in [0, 0.05) is 6.54 Å². The van der Waals surface area contributed by atoms with Gasteiger partial charge in [-0.3, -0.25) is 4.79 Å². The molecule has 2 fully saturated rings. The van der Waals surface area contributed by atoms with Crippen molar-refractivity contribution in [2.45, 2.75) is 45.1 Å². The van der Waals surface area contributed by atoms with Gasteiger partial charge in [-0.1, -0.05) is 19.8 Å². The Balaban J connectivity index is 0.00000128. The summed E-state index contributed by atoms with van der Waals surface area (Å²) in [7, 11) is 0. The maximum atomic E-state index is 11.6. The van der Waals surface area contributed by atoms with Crippen molar-refractivity contribution in [1.82, 2.24) is 10.6 Å². The van der Waals surface area contributed by atoms with E-state index in [-0.39, 0.29) is 24.4 Å². The lowest BCUT2D eigenvalue weighted by Crippen LogP contribution is -2.53. The van der Waals surface area contributed by atoms with Gasteiger partial charge in [0.2, 0.25) is 5.91 Å². The smallest absolute Gasteiger partial charge is 0.237 e. The number of hydrogen-bond donors (Lipinski definition) is 2. The van der Waals surface area contributed by atoms with Crippen LogP contribution in [-0.4, -0.2) is 25.0 Å². The molecule has 1 atom stereocenters. The number of hydrogen-bond acceptors (Lipinski definition) is 2. The summed E-state index contributed by atoms with van der Waals surface area (Å²) in [5, 5.41) is 6.20. The van der Waals surface area contributed by atoms with E-state index in [1.54, 1.807) is 0 Å². The first-order valence-electron chi connectivity index (χ1n) is 6.27. The summed E-state index contributed by atoms with van der Waals surface area (Å²) in [5.41, 5.74) is 0. The van der Waals surface area contributed by atoms with Crippen LogP contribution < -0.4 is 10.6 Å². The van der Waals surface area contributed by atoms with Crippen molar-refractivity contribution in [3.63, 3.8) is 0 Å². The van der Waals surface area contributed by atoms with E-state index in [1.807, 2.05) is 0 Å². The topological polar surface area (TPSA) is 41.1 Å². The van der Waals surface area contributed by atoms with Gasteiger partial charge in [0.05, 0.1) is 6.04 Å². The molecule has 0 unspecified atom stereocenters. The Morgan fingerprint density at radius 3 is 2.38 bits per heavy atom. The third kappa shape index (κ3) is 3.63. The van der Waals surface area contributed by atoms with Crippen LogP contribution in [0.25, 0.3) is 0 Å². The Bertz CT molecular complexity index is 223. The molecule has 0 spiro atoms. The first-order valence-corrected chi connectivity index (χ1v) is 6.27. The molecule has 1 aliphatic carbocycles. The molecule has 0 radical (unpaired) electrons. The highest BCUT2D eigenvalue weighted by Gasteiger charge is 2.25. The second-order valence-electron chi connectivity index (χ2n) is 5.17. The number of carbonyl (C=O) groups is 1. The van der Waals surface area contributed by atoms with E-state index in [4.69, 9.17) is 0 Å².